The zero-order valence-electron chi connectivity index (χ0n) is 12.6. The van der Waals surface area contributed by atoms with Gasteiger partial charge in [0.05, 0.1) is 6.07 Å². The Hall–Kier alpha value is -1.82. The van der Waals surface area contributed by atoms with E-state index in [0.717, 1.165) is 5.69 Å². The van der Waals surface area contributed by atoms with Crippen LogP contribution < -0.4 is 4.90 Å². The molecule has 0 spiro atoms. The van der Waals surface area contributed by atoms with Gasteiger partial charge in [0.15, 0.2) is 0 Å². The van der Waals surface area contributed by atoms with Crippen molar-refractivity contribution in [1.29, 1.82) is 5.26 Å². The van der Waals surface area contributed by atoms with E-state index in [1.165, 1.54) is 10.5 Å². The van der Waals surface area contributed by atoms with E-state index in [1.54, 1.807) is 20.9 Å². The van der Waals surface area contributed by atoms with Gasteiger partial charge in [-0.25, -0.2) is 0 Å². The Morgan fingerprint density at radius 1 is 1.11 bits per heavy atom. The highest BCUT2D eigenvalue weighted by Crippen LogP contribution is 2.26. The summed E-state index contributed by atoms with van der Waals surface area (Å²) in [6.07, 6.45) is 0. The normalized spacial score (nSPS) is 11.8. The Kier molecular flexibility index (Phi) is 4.05. The molecule has 1 aromatic rings. The summed E-state index contributed by atoms with van der Waals surface area (Å²) >= 11 is 0. The Morgan fingerprint density at radius 3 is 1.95 bits per heavy atom. The van der Waals surface area contributed by atoms with Crippen molar-refractivity contribution in [3.63, 3.8) is 0 Å². The molecule has 0 saturated carbocycles. The predicted molar refractivity (Wildman–Crippen MR) is 77.9 cm³/mol. The second-order valence-corrected chi connectivity index (χ2v) is 6.40. The van der Waals surface area contributed by atoms with E-state index in [9.17, 15) is 4.79 Å². The van der Waals surface area contributed by atoms with Gasteiger partial charge in [-0.05, 0) is 37.0 Å². The summed E-state index contributed by atoms with van der Waals surface area (Å²) in [5.41, 5.74) is 1.11. The van der Waals surface area contributed by atoms with Crippen molar-refractivity contribution in [2.24, 2.45) is 5.41 Å². The predicted octanol–water partition coefficient (Wildman–Crippen LogP) is 3.50. The molecule has 0 radical (unpaired) electrons. The smallest absolute Gasteiger partial charge is 0.246 e. The maximum atomic E-state index is 12.2. The number of amides is 1. The number of nitriles is 1. The number of hydrogen-bond acceptors (Lipinski definition) is 2. The molecule has 0 bridgehead atoms. The van der Waals surface area contributed by atoms with Crippen molar-refractivity contribution in [1.82, 2.24) is 0 Å². The van der Waals surface area contributed by atoms with Crippen LogP contribution in [0.25, 0.3) is 0 Å². The monoisotopic (exact) mass is 258 g/mol. The summed E-state index contributed by atoms with van der Waals surface area (Å²) in [4.78, 5) is 13.7. The van der Waals surface area contributed by atoms with Gasteiger partial charge in [0.1, 0.15) is 5.41 Å². The van der Waals surface area contributed by atoms with Gasteiger partial charge in [-0.3, -0.25) is 4.79 Å². The molecular formula is C16H22N2O. The maximum absolute atomic E-state index is 12.2. The average Bonchev–Trinajstić information content (AvgIpc) is 2.36. The fourth-order valence-electron chi connectivity index (χ4n) is 1.77. The van der Waals surface area contributed by atoms with Crippen LogP contribution in [0, 0.1) is 16.7 Å². The zero-order chi connectivity index (χ0) is 14.8. The summed E-state index contributed by atoms with van der Waals surface area (Å²) in [6, 6.07) is 9.93. The van der Waals surface area contributed by atoms with Crippen molar-refractivity contribution in [3.8, 4) is 6.07 Å². The van der Waals surface area contributed by atoms with Crippen LogP contribution in [-0.2, 0) is 10.2 Å². The number of anilines is 1. The molecule has 102 valence electrons. The first-order valence-corrected chi connectivity index (χ1v) is 6.39. The Morgan fingerprint density at radius 2 is 1.58 bits per heavy atom. The van der Waals surface area contributed by atoms with E-state index >= 15 is 0 Å². The number of carbonyl (C=O) groups is 1. The highest BCUT2D eigenvalue weighted by Gasteiger charge is 2.31. The van der Waals surface area contributed by atoms with E-state index < -0.39 is 5.41 Å². The molecule has 0 heterocycles. The second-order valence-electron chi connectivity index (χ2n) is 6.40. The van der Waals surface area contributed by atoms with E-state index in [0.29, 0.717) is 0 Å². The number of nitrogens with zero attached hydrogens (tertiary/aromatic N) is 2. The molecule has 1 amide bonds. The number of carbonyl (C=O) groups excluding carboxylic acids is 1. The molecule has 0 fully saturated rings. The lowest BCUT2D eigenvalue weighted by Crippen LogP contribution is -2.37. The molecule has 0 aliphatic rings. The third-order valence-electron chi connectivity index (χ3n) is 3.24. The van der Waals surface area contributed by atoms with Crippen LogP contribution in [0.5, 0.6) is 0 Å². The molecule has 3 nitrogen and oxygen atoms in total. The summed E-state index contributed by atoms with van der Waals surface area (Å²) in [5, 5.41) is 9.01. The summed E-state index contributed by atoms with van der Waals surface area (Å²) in [6.45, 7) is 9.71. The van der Waals surface area contributed by atoms with Gasteiger partial charge < -0.3 is 4.90 Å². The van der Waals surface area contributed by atoms with Gasteiger partial charge in [-0.1, -0.05) is 32.9 Å². The van der Waals surface area contributed by atoms with Crippen LogP contribution in [0.2, 0.25) is 0 Å². The highest BCUT2D eigenvalue weighted by molar-refractivity contribution is 5.98. The molecular weight excluding hydrogens is 236 g/mol. The molecule has 1 aromatic carbocycles. The second kappa shape index (κ2) is 5.05. The molecule has 1 rings (SSSR count). The Bertz CT molecular complexity index is 501. The SMILES string of the molecule is CN(C(=O)C(C)(C)C#N)c1ccc(C(C)(C)C)cc1. The van der Waals surface area contributed by atoms with Gasteiger partial charge in [0.25, 0.3) is 0 Å². The van der Waals surface area contributed by atoms with Crippen molar-refractivity contribution in [2.75, 3.05) is 11.9 Å². The number of hydrogen-bond donors (Lipinski definition) is 0. The zero-order valence-corrected chi connectivity index (χ0v) is 12.6. The van der Waals surface area contributed by atoms with E-state index in [4.69, 9.17) is 5.26 Å². The van der Waals surface area contributed by atoms with Crippen molar-refractivity contribution in [3.05, 3.63) is 29.8 Å². The minimum atomic E-state index is -1.00. The van der Waals surface area contributed by atoms with Crippen LogP contribution in [0.3, 0.4) is 0 Å². The topological polar surface area (TPSA) is 44.1 Å². The Labute approximate surface area is 115 Å². The number of benzene rings is 1. The molecule has 0 atom stereocenters. The molecule has 0 saturated heterocycles. The maximum Gasteiger partial charge on any atom is 0.246 e. The third kappa shape index (κ3) is 3.35. The average molecular weight is 258 g/mol. The lowest BCUT2D eigenvalue weighted by Gasteiger charge is -2.25. The van der Waals surface area contributed by atoms with Crippen LogP contribution in [0.15, 0.2) is 24.3 Å². The van der Waals surface area contributed by atoms with Gasteiger partial charge in [0, 0.05) is 12.7 Å². The van der Waals surface area contributed by atoms with Gasteiger partial charge >= 0.3 is 0 Å². The summed E-state index contributed by atoms with van der Waals surface area (Å²) in [7, 11) is 1.70. The lowest BCUT2D eigenvalue weighted by atomic mass is 9.87. The molecule has 19 heavy (non-hydrogen) atoms. The number of rotatable bonds is 2. The molecule has 3 heteroatoms. The van der Waals surface area contributed by atoms with Gasteiger partial charge in [0.2, 0.25) is 5.91 Å². The Balaban J connectivity index is 3.00. The van der Waals surface area contributed by atoms with Crippen molar-refractivity contribution >= 4 is 11.6 Å². The highest BCUT2D eigenvalue weighted by atomic mass is 16.2. The van der Waals surface area contributed by atoms with Crippen LogP contribution >= 0.6 is 0 Å². The van der Waals surface area contributed by atoms with Crippen molar-refractivity contribution in [2.45, 2.75) is 40.0 Å². The minimum absolute atomic E-state index is 0.0903. The van der Waals surface area contributed by atoms with Gasteiger partial charge in [-0.2, -0.15) is 5.26 Å². The summed E-state index contributed by atoms with van der Waals surface area (Å²) in [5.74, 6) is -0.196. The molecule has 0 aliphatic carbocycles. The lowest BCUT2D eigenvalue weighted by molar-refractivity contribution is -0.123. The van der Waals surface area contributed by atoms with Crippen LogP contribution in [-0.4, -0.2) is 13.0 Å². The van der Waals surface area contributed by atoms with E-state index in [2.05, 4.69) is 20.8 Å². The largest absolute Gasteiger partial charge is 0.314 e. The first-order valence-electron chi connectivity index (χ1n) is 6.39. The molecule has 0 aliphatic heterocycles. The summed E-state index contributed by atoms with van der Waals surface area (Å²) < 4.78 is 0. The van der Waals surface area contributed by atoms with E-state index in [-0.39, 0.29) is 11.3 Å². The van der Waals surface area contributed by atoms with Crippen molar-refractivity contribution < 1.29 is 4.79 Å². The first kappa shape index (κ1) is 15.2. The van der Waals surface area contributed by atoms with E-state index in [1.807, 2.05) is 30.3 Å². The standard InChI is InChI=1S/C16H22N2O/c1-15(2,3)12-7-9-13(10-8-12)18(6)14(19)16(4,5)11-17/h7-10H,1-6H3. The van der Waals surface area contributed by atoms with Gasteiger partial charge in [-0.15, -0.1) is 0 Å². The van der Waals surface area contributed by atoms with Crippen LogP contribution in [0.1, 0.15) is 40.2 Å². The third-order valence-corrected chi connectivity index (χ3v) is 3.24. The fourth-order valence-corrected chi connectivity index (χ4v) is 1.77. The first-order chi connectivity index (χ1) is 8.59. The van der Waals surface area contributed by atoms with Crippen LogP contribution in [0.4, 0.5) is 5.69 Å². The molecule has 0 N–H and O–H groups in total. The quantitative estimate of drug-likeness (QED) is 0.815. The fraction of sp³-hybridized carbons (Fsp3) is 0.500. The molecule has 0 unspecified atom stereocenters. The minimum Gasteiger partial charge on any atom is -0.314 e. The molecule has 0 aromatic heterocycles.